The van der Waals surface area contributed by atoms with Crippen molar-refractivity contribution in [2.75, 3.05) is 6.54 Å². The van der Waals surface area contributed by atoms with Crippen LogP contribution in [0.15, 0.2) is 47.2 Å². The van der Waals surface area contributed by atoms with Crippen LogP contribution in [0, 0.1) is 17.8 Å². The van der Waals surface area contributed by atoms with Crippen molar-refractivity contribution >= 4 is 0 Å². The highest BCUT2D eigenvalue weighted by atomic mass is 16.5. The first-order chi connectivity index (χ1) is 14.0. The van der Waals surface area contributed by atoms with Gasteiger partial charge in [0.2, 0.25) is 0 Å². The van der Waals surface area contributed by atoms with Gasteiger partial charge in [0.25, 0.3) is 0 Å². The fraction of sp³-hybridized carbons (Fsp3) is 0.364. The van der Waals surface area contributed by atoms with Crippen LogP contribution in [0.3, 0.4) is 0 Å². The van der Waals surface area contributed by atoms with E-state index in [0.29, 0.717) is 29.7 Å². The molecule has 0 bridgehead atoms. The average molecular weight is 392 g/mol. The van der Waals surface area contributed by atoms with Gasteiger partial charge in [-0.3, -0.25) is 0 Å². The molecule has 0 spiro atoms. The summed E-state index contributed by atoms with van der Waals surface area (Å²) in [6.07, 6.45) is 4.05. The summed E-state index contributed by atoms with van der Waals surface area (Å²) >= 11 is 0. The lowest BCUT2D eigenvalue weighted by molar-refractivity contribution is 0.0666. The van der Waals surface area contributed by atoms with Crippen molar-refractivity contribution in [3.8, 4) is 23.2 Å². The Kier molecular flexibility index (Phi) is 5.49. The fourth-order valence-corrected chi connectivity index (χ4v) is 3.48. The summed E-state index contributed by atoms with van der Waals surface area (Å²) in [6.45, 7) is 1.96. The monoisotopic (exact) mass is 392 g/mol. The first-order valence-electron chi connectivity index (χ1n) is 9.72. The molecule has 0 aliphatic heterocycles. The Balaban J connectivity index is 1.51. The van der Waals surface area contributed by atoms with Gasteiger partial charge in [0.15, 0.2) is 5.76 Å². The molecule has 0 amide bonds. The second-order valence-corrected chi connectivity index (χ2v) is 7.41. The van der Waals surface area contributed by atoms with Gasteiger partial charge in [-0.2, -0.15) is 0 Å². The van der Waals surface area contributed by atoms with Crippen LogP contribution in [0.2, 0.25) is 0 Å². The Bertz CT molecular complexity index is 1020. The van der Waals surface area contributed by atoms with Crippen LogP contribution in [-0.4, -0.2) is 37.6 Å². The van der Waals surface area contributed by atoms with Crippen molar-refractivity contribution in [1.29, 1.82) is 0 Å². The van der Waals surface area contributed by atoms with E-state index in [1.807, 2.05) is 34.9 Å². The maximum absolute atomic E-state index is 9.91. The van der Waals surface area contributed by atoms with E-state index in [9.17, 15) is 10.2 Å². The highest BCUT2D eigenvalue weighted by Crippen LogP contribution is 2.28. The molecule has 1 saturated carbocycles. The van der Waals surface area contributed by atoms with Crippen molar-refractivity contribution in [3.63, 3.8) is 0 Å². The van der Waals surface area contributed by atoms with Gasteiger partial charge in [-0.1, -0.05) is 17.0 Å². The number of benzene rings is 1. The van der Waals surface area contributed by atoms with Crippen LogP contribution in [0.1, 0.15) is 49.0 Å². The van der Waals surface area contributed by atoms with Gasteiger partial charge in [-0.05, 0) is 44.0 Å². The molecule has 7 heteroatoms. The van der Waals surface area contributed by atoms with Gasteiger partial charge in [0.1, 0.15) is 17.6 Å². The first kappa shape index (κ1) is 19.4. The van der Waals surface area contributed by atoms with Gasteiger partial charge in [-0.15, -0.1) is 0 Å². The van der Waals surface area contributed by atoms with Crippen molar-refractivity contribution in [2.24, 2.45) is 11.7 Å². The van der Waals surface area contributed by atoms with Gasteiger partial charge >= 0.3 is 0 Å². The quantitative estimate of drug-likeness (QED) is 0.575. The van der Waals surface area contributed by atoms with Gasteiger partial charge in [0.05, 0.1) is 12.1 Å². The van der Waals surface area contributed by atoms with Gasteiger partial charge in [0, 0.05) is 42.0 Å². The standard InChI is InChI=1S/C22H24N4O3/c1-14(27)22-24-8-9-26(22)20(13-23)19-12-21(29-25-19)17-6-4-15(5-7-17)2-3-16-10-18(28)11-16/h4-9,12,14,16,18,20,27-28H,10-11,13,23H2,1H3. The van der Waals surface area contributed by atoms with Crippen LogP contribution in [0.25, 0.3) is 11.3 Å². The number of aliphatic hydroxyl groups excluding tert-OH is 2. The third-order valence-electron chi connectivity index (χ3n) is 5.20. The Morgan fingerprint density at radius 1 is 1.31 bits per heavy atom. The topological polar surface area (TPSA) is 110 Å². The molecule has 1 aromatic carbocycles. The minimum Gasteiger partial charge on any atom is -0.393 e. The third-order valence-corrected chi connectivity index (χ3v) is 5.20. The van der Waals surface area contributed by atoms with E-state index < -0.39 is 6.10 Å². The number of hydrogen-bond donors (Lipinski definition) is 3. The molecule has 4 N–H and O–H groups in total. The average Bonchev–Trinajstić information content (AvgIpc) is 3.36. The Labute approximate surface area is 169 Å². The number of rotatable bonds is 5. The number of imidazole rings is 1. The first-order valence-corrected chi connectivity index (χ1v) is 9.72. The van der Waals surface area contributed by atoms with Crippen molar-refractivity contribution in [3.05, 3.63) is 59.8 Å². The molecule has 2 aromatic heterocycles. The Morgan fingerprint density at radius 2 is 2.07 bits per heavy atom. The fourth-order valence-electron chi connectivity index (χ4n) is 3.48. The maximum atomic E-state index is 9.91. The zero-order valence-corrected chi connectivity index (χ0v) is 16.2. The molecule has 2 heterocycles. The summed E-state index contributed by atoms with van der Waals surface area (Å²) in [5.74, 6) is 7.82. The zero-order chi connectivity index (χ0) is 20.4. The number of hydrogen-bond acceptors (Lipinski definition) is 6. The Hall–Kier alpha value is -2.92. The molecule has 1 aliphatic carbocycles. The minimum atomic E-state index is -0.706. The van der Waals surface area contributed by atoms with E-state index in [0.717, 1.165) is 24.0 Å². The SMILES string of the molecule is CC(O)c1nccn1C(CN)c1cc(-c2ccc(C#CC3CC(O)C3)cc2)on1. The zero-order valence-electron chi connectivity index (χ0n) is 16.2. The third kappa shape index (κ3) is 4.10. The Morgan fingerprint density at radius 3 is 2.72 bits per heavy atom. The smallest absolute Gasteiger partial charge is 0.167 e. The molecule has 1 aliphatic rings. The molecule has 0 radical (unpaired) electrons. The van der Waals surface area contributed by atoms with Crippen LogP contribution in [0.4, 0.5) is 0 Å². The van der Waals surface area contributed by atoms with Gasteiger partial charge < -0.3 is 25.0 Å². The van der Waals surface area contributed by atoms with E-state index in [-0.39, 0.29) is 12.1 Å². The van der Waals surface area contributed by atoms with Gasteiger partial charge in [-0.25, -0.2) is 4.98 Å². The van der Waals surface area contributed by atoms with E-state index in [4.69, 9.17) is 10.3 Å². The number of nitrogens with zero attached hydrogens (tertiary/aromatic N) is 3. The van der Waals surface area contributed by atoms with E-state index in [1.165, 1.54) is 0 Å². The number of aromatic nitrogens is 3. The van der Waals surface area contributed by atoms with Crippen LogP contribution in [-0.2, 0) is 0 Å². The summed E-state index contributed by atoms with van der Waals surface area (Å²) in [7, 11) is 0. The molecule has 2 atom stereocenters. The summed E-state index contributed by atoms with van der Waals surface area (Å²) in [6, 6.07) is 9.37. The number of nitrogens with two attached hydrogens (primary N) is 1. The second-order valence-electron chi connectivity index (χ2n) is 7.41. The minimum absolute atomic E-state index is 0.186. The lowest BCUT2D eigenvalue weighted by atomic mass is 9.83. The summed E-state index contributed by atoms with van der Waals surface area (Å²) < 4.78 is 7.36. The van der Waals surface area contributed by atoms with Crippen LogP contribution < -0.4 is 5.73 Å². The molecular weight excluding hydrogens is 368 g/mol. The summed E-state index contributed by atoms with van der Waals surface area (Å²) in [5, 5.41) is 23.4. The predicted molar refractivity (Wildman–Crippen MR) is 108 cm³/mol. The second kappa shape index (κ2) is 8.21. The molecule has 2 unspecified atom stereocenters. The largest absolute Gasteiger partial charge is 0.393 e. The lowest BCUT2D eigenvalue weighted by Crippen LogP contribution is -2.26. The van der Waals surface area contributed by atoms with Crippen LogP contribution in [0.5, 0.6) is 0 Å². The van der Waals surface area contributed by atoms with E-state index in [2.05, 4.69) is 22.0 Å². The summed E-state index contributed by atoms with van der Waals surface area (Å²) in [5.41, 5.74) is 8.47. The molecule has 150 valence electrons. The highest BCUT2D eigenvalue weighted by Gasteiger charge is 2.25. The molecule has 1 fully saturated rings. The number of aliphatic hydroxyl groups is 2. The molecule has 0 saturated heterocycles. The molecular formula is C22H24N4O3. The van der Waals surface area contributed by atoms with E-state index in [1.54, 1.807) is 19.3 Å². The lowest BCUT2D eigenvalue weighted by Gasteiger charge is -2.26. The molecule has 7 nitrogen and oxygen atoms in total. The van der Waals surface area contributed by atoms with Crippen molar-refractivity contribution in [1.82, 2.24) is 14.7 Å². The maximum Gasteiger partial charge on any atom is 0.167 e. The summed E-state index contributed by atoms with van der Waals surface area (Å²) in [4.78, 5) is 4.20. The van der Waals surface area contributed by atoms with Crippen molar-refractivity contribution < 1.29 is 14.7 Å². The van der Waals surface area contributed by atoms with E-state index >= 15 is 0 Å². The normalized spacial score (nSPS) is 20.4. The predicted octanol–water partition coefficient (Wildman–Crippen LogP) is 2.26. The molecule has 3 aromatic rings. The van der Waals surface area contributed by atoms with Crippen molar-refractivity contribution in [2.45, 2.75) is 38.0 Å². The molecule has 29 heavy (non-hydrogen) atoms. The van der Waals surface area contributed by atoms with Crippen LogP contribution >= 0.6 is 0 Å². The highest BCUT2D eigenvalue weighted by molar-refractivity contribution is 5.59. The molecule has 4 rings (SSSR count).